The number of halogens is 1. The normalized spacial score (nSPS) is 30.3. The minimum absolute atomic E-state index is 0.251. The van der Waals surface area contributed by atoms with E-state index < -0.39 is 11.7 Å². The fourth-order valence-corrected chi connectivity index (χ4v) is 2.39. The lowest BCUT2D eigenvalue weighted by molar-refractivity contribution is -0.127. The van der Waals surface area contributed by atoms with Crippen LogP contribution >= 0.6 is 0 Å². The Hall–Kier alpha value is -0.930. The van der Waals surface area contributed by atoms with Gasteiger partial charge in [-0.05, 0) is 18.9 Å². The van der Waals surface area contributed by atoms with Crippen molar-refractivity contribution in [3.63, 3.8) is 0 Å². The van der Waals surface area contributed by atoms with Crippen molar-refractivity contribution in [3.05, 3.63) is 35.6 Å². The second-order valence-electron chi connectivity index (χ2n) is 4.32. The highest BCUT2D eigenvalue weighted by molar-refractivity contribution is 5.25. The SMILES string of the molecule is CCC1(c2ccccc2F)CC(O)CCO1. The summed E-state index contributed by atoms with van der Waals surface area (Å²) >= 11 is 0. The molecule has 1 fully saturated rings. The molecule has 2 rings (SSSR count). The molecule has 16 heavy (non-hydrogen) atoms. The molecule has 2 nitrogen and oxygen atoms in total. The van der Waals surface area contributed by atoms with Crippen LogP contribution in [0.5, 0.6) is 0 Å². The van der Waals surface area contributed by atoms with Crippen LogP contribution in [0, 0.1) is 5.82 Å². The molecule has 1 N–H and O–H groups in total. The average molecular weight is 224 g/mol. The standard InChI is InChI=1S/C13H17FO2/c1-2-13(9-10(15)7-8-16-13)11-5-3-4-6-12(11)14/h3-6,10,15H,2,7-9H2,1H3. The van der Waals surface area contributed by atoms with Gasteiger partial charge in [-0.1, -0.05) is 25.1 Å². The van der Waals surface area contributed by atoms with E-state index in [0.717, 1.165) is 0 Å². The lowest BCUT2D eigenvalue weighted by atomic mass is 9.83. The van der Waals surface area contributed by atoms with E-state index in [1.54, 1.807) is 18.2 Å². The summed E-state index contributed by atoms with van der Waals surface area (Å²) in [6.07, 6.45) is 1.39. The summed E-state index contributed by atoms with van der Waals surface area (Å²) in [5, 5.41) is 9.73. The predicted octanol–water partition coefficient (Wildman–Crippen LogP) is 2.60. The van der Waals surface area contributed by atoms with E-state index in [2.05, 4.69) is 0 Å². The zero-order chi connectivity index (χ0) is 11.6. The molecule has 1 aromatic rings. The number of ether oxygens (including phenoxy) is 1. The Morgan fingerprint density at radius 2 is 2.25 bits per heavy atom. The highest BCUT2D eigenvalue weighted by atomic mass is 19.1. The minimum Gasteiger partial charge on any atom is -0.393 e. The average Bonchev–Trinajstić information content (AvgIpc) is 2.29. The number of hydrogen-bond acceptors (Lipinski definition) is 2. The molecule has 1 heterocycles. The van der Waals surface area contributed by atoms with E-state index >= 15 is 0 Å². The van der Waals surface area contributed by atoms with Crippen molar-refractivity contribution in [1.29, 1.82) is 0 Å². The third kappa shape index (κ3) is 1.97. The molecule has 0 amide bonds. The van der Waals surface area contributed by atoms with E-state index in [-0.39, 0.29) is 5.82 Å². The Morgan fingerprint density at radius 3 is 2.88 bits per heavy atom. The van der Waals surface area contributed by atoms with Crippen LogP contribution in [0.4, 0.5) is 4.39 Å². The number of hydrogen-bond donors (Lipinski definition) is 1. The fraction of sp³-hybridized carbons (Fsp3) is 0.538. The molecule has 1 saturated heterocycles. The largest absolute Gasteiger partial charge is 0.393 e. The molecule has 2 unspecified atom stereocenters. The summed E-state index contributed by atoms with van der Waals surface area (Å²) in [6.45, 7) is 2.45. The van der Waals surface area contributed by atoms with E-state index in [0.29, 0.717) is 31.4 Å². The molecule has 0 spiro atoms. The third-order valence-electron chi connectivity index (χ3n) is 3.33. The minimum atomic E-state index is -0.650. The van der Waals surface area contributed by atoms with Crippen LogP contribution in [-0.4, -0.2) is 17.8 Å². The number of benzene rings is 1. The summed E-state index contributed by atoms with van der Waals surface area (Å²) in [4.78, 5) is 0. The Kier molecular flexibility index (Phi) is 3.26. The lowest BCUT2D eigenvalue weighted by Gasteiger charge is -2.39. The van der Waals surface area contributed by atoms with Crippen molar-refractivity contribution >= 4 is 0 Å². The van der Waals surface area contributed by atoms with E-state index in [1.807, 2.05) is 6.92 Å². The maximum absolute atomic E-state index is 13.8. The maximum atomic E-state index is 13.8. The van der Waals surface area contributed by atoms with Crippen molar-refractivity contribution < 1.29 is 14.2 Å². The zero-order valence-corrected chi connectivity index (χ0v) is 9.45. The quantitative estimate of drug-likeness (QED) is 0.836. The molecule has 0 radical (unpaired) electrons. The summed E-state index contributed by atoms with van der Waals surface area (Å²) < 4.78 is 19.5. The van der Waals surface area contributed by atoms with Crippen molar-refractivity contribution in [2.45, 2.75) is 37.9 Å². The van der Waals surface area contributed by atoms with Gasteiger partial charge in [0, 0.05) is 12.0 Å². The lowest BCUT2D eigenvalue weighted by Crippen LogP contribution is -2.39. The van der Waals surface area contributed by atoms with Gasteiger partial charge in [0.05, 0.1) is 18.3 Å². The second-order valence-corrected chi connectivity index (χ2v) is 4.32. The molecule has 0 saturated carbocycles. The zero-order valence-electron chi connectivity index (χ0n) is 9.45. The molecule has 1 aromatic carbocycles. The molecule has 1 aliphatic heterocycles. The molecule has 3 heteroatoms. The molecule has 88 valence electrons. The monoisotopic (exact) mass is 224 g/mol. The van der Waals surface area contributed by atoms with Crippen molar-refractivity contribution in [1.82, 2.24) is 0 Å². The van der Waals surface area contributed by atoms with Crippen LogP contribution in [-0.2, 0) is 10.3 Å². The molecular weight excluding hydrogens is 207 g/mol. The van der Waals surface area contributed by atoms with Crippen LogP contribution in [0.2, 0.25) is 0 Å². The Labute approximate surface area is 95.1 Å². The van der Waals surface area contributed by atoms with Gasteiger partial charge in [-0.15, -0.1) is 0 Å². The Balaban J connectivity index is 2.37. The topological polar surface area (TPSA) is 29.5 Å². The van der Waals surface area contributed by atoms with Crippen LogP contribution < -0.4 is 0 Å². The Morgan fingerprint density at radius 1 is 1.50 bits per heavy atom. The maximum Gasteiger partial charge on any atom is 0.129 e. The van der Waals surface area contributed by atoms with Gasteiger partial charge in [-0.25, -0.2) is 4.39 Å². The van der Waals surface area contributed by atoms with Gasteiger partial charge in [0.1, 0.15) is 5.82 Å². The summed E-state index contributed by atoms with van der Waals surface area (Å²) in [5.41, 5.74) is -0.0838. The van der Waals surface area contributed by atoms with Crippen LogP contribution in [0.15, 0.2) is 24.3 Å². The van der Waals surface area contributed by atoms with E-state index in [1.165, 1.54) is 6.07 Å². The first kappa shape index (κ1) is 11.6. The first-order valence-corrected chi connectivity index (χ1v) is 5.75. The van der Waals surface area contributed by atoms with Gasteiger partial charge in [-0.3, -0.25) is 0 Å². The van der Waals surface area contributed by atoms with Gasteiger partial charge in [0.2, 0.25) is 0 Å². The number of rotatable bonds is 2. The highest BCUT2D eigenvalue weighted by Gasteiger charge is 2.38. The summed E-state index contributed by atoms with van der Waals surface area (Å²) in [6, 6.07) is 6.66. The van der Waals surface area contributed by atoms with Gasteiger partial charge in [0.25, 0.3) is 0 Å². The Bertz CT molecular complexity index is 367. The fourth-order valence-electron chi connectivity index (χ4n) is 2.39. The van der Waals surface area contributed by atoms with Crippen LogP contribution in [0.3, 0.4) is 0 Å². The molecule has 0 aromatic heterocycles. The molecular formula is C13H17FO2. The molecule has 2 atom stereocenters. The first-order chi connectivity index (χ1) is 7.68. The summed E-state index contributed by atoms with van der Waals surface area (Å²) in [7, 11) is 0. The molecule has 1 aliphatic rings. The predicted molar refractivity (Wildman–Crippen MR) is 59.6 cm³/mol. The van der Waals surface area contributed by atoms with Crippen molar-refractivity contribution in [2.75, 3.05) is 6.61 Å². The third-order valence-corrected chi connectivity index (χ3v) is 3.33. The summed E-state index contributed by atoms with van der Waals surface area (Å²) in [5.74, 6) is -0.251. The van der Waals surface area contributed by atoms with Crippen molar-refractivity contribution in [3.8, 4) is 0 Å². The molecule has 0 bridgehead atoms. The smallest absolute Gasteiger partial charge is 0.129 e. The number of aliphatic hydroxyl groups is 1. The van der Waals surface area contributed by atoms with Crippen LogP contribution in [0.25, 0.3) is 0 Å². The van der Waals surface area contributed by atoms with Crippen molar-refractivity contribution in [2.24, 2.45) is 0 Å². The molecule has 0 aliphatic carbocycles. The second kappa shape index (κ2) is 4.52. The van der Waals surface area contributed by atoms with Gasteiger partial charge in [0.15, 0.2) is 0 Å². The highest BCUT2D eigenvalue weighted by Crippen LogP contribution is 2.39. The first-order valence-electron chi connectivity index (χ1n) is 5.75. The van der Waals surface area contributed by atoms with Crippen LogP contribution in [0.1, 0.15) is 31.7 Å². The number of aliphatic hydroxyl groups excluding tert-OH is 1. The van der Waals surface area contributed by atoms with Gasteiger partial charge >= 0.3 is 0 Å². The van der Waals surface area contributed by atoms with Gasteiger partial charge < -0.3 is 9.84 Å². The van der Waals surface area contributed by atoms with E-state index in [9.17, 15) is 9.50 Å². The van der Waals surface area contributed by atoms with Gasteiger partial charge in [-0.2, -0.15) is 0 Å². The van der Waals surface area contributed by atoms with E-state index in [4.69, 9.17) is 4.74 Å².